The SMILES string of the molecule is CCC(C)Nc1cnnc(NC2CCCCC2)n1. The first kappa shape index (κ1) is 13.1. The zero-order valence-electron chi connectivity index (χ0n) is 11.3. The molecule has 1 saturated carbocycles. The van der Waals surface area contributed by atoms with Crippen LogP contribution in [-0.4, -0.2) is 27.3 Å². The highest BCUT2D eigenvalue weighted by molar-refractivity contribution is 5.38. The fraction of sp³-hybridized carbons (Fsp3) is 0.769. The summed E-state index contributed by atoms with van der Waals surface area (Å²) in [4.78, 5) is 4.46. The Labute approximate surface area is 109 Å². The number of rotatable bonds is 5. The molecule has 1 aliphatic carbocycles. The van der Waals surface area contributed by atoms with Crippen molar-refractivity contribution in [1.82, 2.24) is 15.2 Å². The standard InChI is InChI=1S/C13H23N5/c1-3-10(2)15-12-9-14-18-13(17-12)16-11-7-5-4-6-8-11/h9-11H,3-8H2,1-2H3,(H2,15,16,17,18). The number of anilines is 2. The van der Waals surface area contributed by atoms with Gasteiger partial charge in [0.25, 0.3) is 0 Å². The van der Waals surface area contributed by atoms with Gasteiger partial charge in [0, 0.05) is 12.1 Å². The van der Waals surface area contributed by atoms with E-state index in [1.54, 1.807) is 6.20 Å². The topological polar surface area (TPSA) is 62.7 Å². The summed E-state index contributed by atoms with van der Waals surface area (Å²) in [6, 6.07) is 0.920. The summed E-state index contributed by atoms with van der Waals surface area (Å²) in [7, 11) is 0. The zero-order chi connectivity index (χ0) is 12.8. The maximum atomic E-state index is 4.46. The van der Waals surface area contributed by atoms with E-state index in [0.29, 0.717) is 18.0 Å². The van der Waals surface area contributed by atoms with E-state index in [2.05, 4.69) is 39.7 Å². The van der Waals surface area contributed by atoms with Crippen molar-refractivity contribution in [2.24, 2.45) is 0 Å². The van der Waals surface area contributed by atoms with Crippen LogP contribution in [0, 0.1) is 0 Å². The lowest BCUT2D eigenvalue weighted by Gasteiger charge is -2.22. The summed E-state index contributed by atoms with van der Waals surface area (Å²) in [5, 5.41) is 14.8. The van der Waals surface area contributed by atoms with E-state index in [1.807, 2.05) is 0 Å². The van der Waals surface area contributed by atoms with E-state index in [0.717, 1.165) is 12.2 Å². The molecule has 1 aromatic heterocycles. The van der Waals surface area contributed by atoms with Crippen LogP contribution in [-0.2, 0) is 0 Å². The zero-order valence-corrected chi connectivity index (χ0v) is 11.3. The lowest BCUT2D eigenvalue weighted by atomic mass is 9.96. The van der Waals surface area contributed by atoms with Gasteiger partial charge in [0.2, 0.25) is 5.95 Å². The van der Waals surface area contributed by atoms with Gasteiger partial charge < -0.3 is 10.6 Å². The Hall–Kier alpha value is -1.39. The highest BCUT2D eigenvalue weighted by Gasteiger charge is 2.14. The second-order valence-corrected chi connectivity index (χ2v) is 5.10. The third-order valence-electron chi connectivity index (χ3n) is 3.50. The molecule has 1 atom stereocenters. The Morgan fingerprint density at radius 1 is 1.33 bits per heavy atom. The van der Waals surface area contributed by atoms with Gasteiger partial charge in [-0.1, -0.05) is 26.2 Å². The molecule has 0 radical (unpaired) electrons. The summed E-state index contributed by atoms with van der Waals surface area (Å²) in [6.45, 7) is 4.28. The minimum Gasteiger partial charge on any atom is -0.366 e. The minimum absolute atomic E-state index is 0.407. The van der Waals surface area contributed by atoms with Crippen molar-refractivity contribution >= 4 is 11.8 Å². The van der Waals surface area contributed by atoms with E-state index in [-0.39, 0.29) is 0 Å². The molecule has 5 heteroatoms. The van der Waals surface area contributed by atoms with Crippen LogP contribution in [0.15, 0.2) is 6.20 Å². The average Bonchev–Trinajstić information content (AvgIpc) is 2.40. The van der Waals surface area contributed by atoms with Gasteiger partial charge in [-0.3, -0.25) is 0 Å². The van der Waals surface area contributed by atoms with Crippen molar-refractivity contribution in [2.45, 2.75) is 64.5 Å². The third kappa shape index (κ3) is 3.82. The molecular weight excluding hydrogens is 226 g/mol. The second kappa shape index (κ2) is 6.52. The van der Waals surface area contributed by atoms with Gasteiger partial charge in [-0.25, -0.2) is 0 Å². The first-order valence-electron chi connectivity index (χ1n) is 7.00. The van der Waals surface area contributed by atoms with Crippen LogP contribution in [0.1, 0.15) is 52.4 Å². The molecule has 0 bridgehead atoms. The van der Waals surface area contributed by atoms with Crippen LogP contribution in [0.5, 0.6) is 0 Å². The Kier molecular flexibility index (Phi) is 4.73. The Balaban J connectivity index is 1.93. The minimum atomic E-state index is 0.407. The summed E-state index contributed by atoms with van der Waals surface area (Å²) in [5.74, 6) is 1.45. The Morgan fingerprint density at radius 3 is 2.83 bits per heavy atom. The molecule has 5 nitrogen and oxygen atoms in total. The fourth-order valence-electron chi connectivity index (χ4n) is 2.22. The fourth-order valence-corrected chi connectivity index (χ4v) is 2.22. The van der Waals surface area contributed by atoms with Gasteiger partial charge in [0.15, 0.2) is 5.82 Å². The number of hydrogen-bond donors (Lipinski definition) is 2. The Morgan fingerprint density at radius 2 is 2.11 bits per heavy atom. The number of hydrogen-bond acceptors (Lipinski definition) is 5. The molecule has 0 aromatic carbocycles. The summed E-state index contributed by atoms with van der Waals surface area (Å²) >= 11 is 0. The van der Waals surface area contributed by atoms with E-state index < -0.39 is 0 Å². The molecule has 1 heterocycles. The molecule has 0 spiro atoms. The average molecular weight is 249 g/mol. The number of aromatic nitrogens is 3. The third-order valence-corrected chi connectivity index (χ3v) is 3.50. The number of nitrogens with one attached hydrogen (secondary N) is 2. The van der Waals surface area contributed by atoms with Crippen LogP contribution in [0.2, 0.25) is 0 Å². The molecule has 1 aromatic rings. The first-order chi connectivity index (χ1) is 8.78. The Bertz CT molecular complexity index is 362. The number of nitrogens with zero attached hydrogens (tertiary/aromatic N) is 3. The maximum Gasteiger partial charge on any atom is 0.244 e. The van der Waals surface area contributed by atoms with Crippen LogP contribution in [0.3, 0.4) is 0 Å². The summed E-state index contributed by atoms with van der Waals surface area (Å²) in [5.41, 5.74) is 0. The van der Waals surface area contributed by atoms with Gasteiger partial charge in [-0.2, -0.15) is 10.1 Å². The highest BCUT2D eigenvalue weighted by Crippen LogP contribution is 2.20. The smallest absolute Gasteiger partial charge is 0.244 e. The van der Waals surface area contributed by atoms with Gasteiger partial charge in [0.05, 0.1) is 6.20 Å². The predicted octanol–water partition coefficient (Wildman–Crippen LogP) is 2.83. The highest BCUT2D eigenvalue weighted by atomic mass is 15.3. The maximum absolute atomic E-state index is 4.46. The molecule has 2 rings (SSSR count). The molecular formula is C13H23N5. The van der Waals surface area contributed by atoms with Crippen molar-refractivity contribution in [3.05, 3.63) is 6.20 Å². The molecule has 1 unspecified atom stereocenters. The van der Waals surface area contributed by atoms with Crippen LogP contribution in [0.4, 0.5) is 11.8 Å². The van der Waals surface area contributed by atoms with Crippen LogP contribution >= 0.6 is 0 Å². The molecule has 18 heavy (non-hydrogen) atoms. The van der Waals surface area contributed by atoms with Gasteiger partial charge in [0.1, 0.15) is 0 Å². The van der Waals surface area contributed by atoms with Crippen molar-refractivity contribution in [2.75, 3.05) is 10.6 Å². The van der Waals surface area contributed by atoms with E-state index in [9.17, 15) is 0 Å². The van der Waals surface area contributed by atoms with Crippen LogP contribution < -0.4 is 10.6 Å². The van der Waals surface area contributed by atoms with E-state index in [1.165, 1.54) is 32.1 Å². The molecule has 1 aliphatic rings. The van der Waals surface area contributed by atoms with Crippen LogP contribution in [0.25, 0.3) is 0 Å². The van der Waals surface area contributed by atoms with Gasteiger partial charge >= 0.3 is 0 Å². The van der Waals surface area contributed by atoms with Crippen molar-refractivity contribution in [1.29, 1.82) is 0 Å². The summed E-state index contributed by atoms with van der Waals surface area (Å²) in [6.07, 6.45) is 9.13. The lowest BCUT2D eigenvalue weighted by molar-refractivity contribution is 0.460. The van der Waals surface area contributed by atoms with E-state index in [4.69, 9.17) is 0 Å². The molecule has 0 amide bonds. The molecule has 0 aliphatic heterocycles. The van der Waals surface area contributed by atoms with Gasteiger partial charge in [-0.05, 0) is 26.2 Å². The summed E-state index contributed by atoms with van der Waals surface area (Å²) < 4.78 is 0. The lowest BCUT2D eigenvalue weighted by Crippen LogP contribution is -2.24. The molecule has 1 fully saturated rings. The normalized spacial score (nSPS) is 18.3. The molecule has 2 N–H and O–H groups in total. The predicted molar refractivity (Wildman–Crippen MR) is 73.7 cm³/mol. The second-order valence-electron chi connectivity index (χ2n) is 5.10. The van der Waals surface area contributed by atoms with Gasteiger partial charge in [-0.15, -0.1) is 5.10 Å². The first-order valence-corrected chi connectivity index (χ1v) is 7.00. The molecule has 100 valence electrons. The molecule has 0 saturated heterocycles. The van der Waals surface area contributed by atoms with E-state index >= 15 is 0 Å². The van der Waals surface area contributed by atoms with Crippen molar-refractivity contribution in [3.63, 3.8) is 0 Å². The quantitative estimate of drug-likeness (QED) is 0.840. The van der Waals surface area contributed by atoms with Crippen molar-refractivity contribution in [3.8, 4) is 0 Å². The van der Waals surface area contributed by atoms with Crippen molar-refractivity contribution < 1.29 is 0 Å². The monoisotopic (exact) mass is 249 g/mol. The largest absolute Gasteiger partial charge is 0.366 e.